The van der Waals surface area contributed by atoms with E-state index in [0.29, 0.717) is 0 Å². The average Bonchev–Trinajstić information content (AvgIpc) is 3.53. The van der Waals surface area contributed by atoms with Crippen LogP contribution in [0.4, 0.5) is 0 Å². The number of hydrogen-bond acceptors (Lipinski definition) is 4. The third kappa shape index (κ3) is 2.30. The summed E-state index contributed by atoms with van der Waals surface area (Å²) in [4.78, 5) is 7.96. The zero-order valence-corrected chi connectivity index (χ0v) is 15.4. The van der Waals surface area contributed by atoms with Gasteiger partial charge in [-0.2, -0.15) is 21.5 Å². The number of aromatic amines is 3. The number of H-pyrrole nitrogens is 3. The van der Waals surface area contributed by atoms with Crippen LogP contribution >= 0.6 is 11.3 Å². The van der Waals surface area contributed by atoms with Crippen LogP contribution in [0.2, 0.25) is 0 Å². The molecule has 5 aromatic heterocycles. The first-order chi connectivity index (χ1) is 13.9. The van der Waals surface area contributed by atoms with Crippen molar-refractivity contribution in [3.63, 3.8) is 0 Å². The monoisotopic (exact) mass is 382 g/mol. The molecule has 5 heterocycles. The smallest absolute Gasteiger partial charge is 0.138 e. The summed E-state index contributed by atoms with van der Waals surface area (Å²) in [7, 11) is 0. The van der Waals surface area contributed by atoms with Crippen LogP contribution in [0.5, 0.6) is 0 Å². The summed E-state index contributed by atoms with van der Waals surface area (Å²) in [5.41, 5.74) is 8.21. The van der Waals surface area contributed by atoms with Crippen LogP contribution in [0.1, 0.15) is 0 Å². The zero-order valence-electron chi connectivity index (χ0n) is 14.6. The van der Waals surface area contributed by atoms with Crippen molar-refractivity contribution in [1.82, 2.24) is 30.4 Å². The van der Waals surface area contributed by atoms with Gasteiger partial charge in [0.2, 0.25) is 0 Å². The van der Waals surface area contributed by atoms with Gasteiger partial charge in [-0.1, -0.05) is 6.07 Å². The lowest BCUT2D eigenvalue weighted by molar-refractivity contribution is 1.09. The van der Waals surface area contributed by atoms with Crippen LogP contribution in [0.25, 0.3) is 55.6 Å². The Balaban J connectivity index is 1.55. The molecule has 0 aliphatic heterocycles. The van der Waals surface area contributed by atoms with Crippen molar-refractivity contribution in [3.8, 4) is 33.6 Å². The Morgan fingerprint density at radius 3 is 2.79 bits per heavy atom. The molecule has 0 saturated carbocycles. The standard InChI is InChI=1S/C21H14N6S/c1-2-18-17(7-12(1)14-9-23-24-10-14)20(27-26-18)19-8-16-15(13-4-6-28-11-13)3-5-22-21(16)25-19/h1-11H,(H,22,25)(H,23,24)(H,26,27). The van der Waals surface area contributed by atoms with Crippen LogP contribution in [0.3, 0.4) is 0 Å². The summed E-state index contributed by atoms with van der Waals surface area (Å²) >= 11 is 1.69. The van der Waals surface area contributed by atoms with Crippen LogP contribution in [-0.2, 0) is 0 Å². The van der Waals surface area contributed by atoms with E-state index in [1.54, 1.807) is 11.3 Å². The Labute approximate surface area is 163 Å². The Kier molecular flexibility index (Phi) is 3.24. The van der Waals surface area contributed by atoms with Gasteiger partial charge in [0.1, 0.15) is 11.3 Å². The number of nitrogens with one attached hydrogen (secondary N) is 3. The fourth-order valence-electron chi connectivity index (χ4n) is 3.63. The van der Waals surface area contributed by atoms with Crippen LogP contribution in [0.15, 0.2) is 65.7 Å². The molecule has 0 saturated heterocycles. The molecule has 0 amide bonds. The second-order valence-electron chi connectivity index (χ2n) is 6.64. The molecule has 28 heavy (non-hydrogen) atoms. The molecule has 0 bridgehead atoms. The van der Waals surface area contributed by atoms with Gasteiger partial charge >= 0.3 is 0 Å². The Bertz CT molecular complexity index is 1410. The van der Waals surface area contributed by atoms with Gasteiger partial charge in [0.05, 0.1) is 17.4 Å². The molecule has 0 spiro atoms. The maximum Gasteiger partial charge on any atom is 0.138 e. The third-order valence-corrected chi connectivity index (χ3v) is 5.70. The number of fused-ring (bicyclic) bond motifs is 2. The number of nitrogens with zero attached hydrogens (tertiary/aromatic N) is 3. The van der Waals surface area contributed by atoms with E-state index < -0.39 is 0 Å². The minimum atomic E-state index is 0.862. The van der Waals surface area contributed by atoms with Crippen molar-refractivity contribution in [1.29, 1.82) is 0 Å². The number of rotatable bonds is 3. The van der Waals surface area contributed by atoms with E-state index in [2.05, 4.69) is 71.5 Å². The number of pyridine rings is 1. The molecule has 134 valence electrons. The van der Waals surface area contributed by atoms with Gasteiger partial charge in [-0.05, 0) is 57.8 Å². The van der Waals surface area contributed by atoms with E-state index in [1.165, 1.54) is 11.1 Å². The molecule has 0 unspecified atom stereocenters. The summed E-state index contributed by atoms with van der Waals surface area (Å²) < 4.78 is 0. The third-order valence-electron chi connectivity index (χ3n) is 5.01. The van der Waals surface area contributed by atoms with Gasteiger partial charge in [-0.15, -0.1) is 0 Å². The Hall–Kier alpha value is -3.71. The molecule has 3 N–H and O–H groups in total. The summed E-state index contributed by atoms with van der Waals surface area (Å²) in [6, 6.07) is 12.6. The number of benzene rings is 1. The van der Waals surface area contributed by atoms with Crippen LogP contribution in [-0.4, -0.2) is 30.4 Å². The molecule has 6 rings (SSSR count). The Morgan fingerprint density at radius 2 is 1.93 bits per heavy atom. The van der Waals surface area contributed by atoms with Crippen molar-refractivity contribution in [3.05, 3.63) is 65.7 Å². The second-order valence-corrected chi connectivity index (χ2v) is 7.42. The number of hydrogen-bond donors (Lipinski definition) is 3. The number of thiophene rings is 1. The van der Waals surface area contributed by atoms with E-state index in [-0.39, 0.29) is 0 Å². The van der Waals surface area contributed by atoms with Crippen LogP contribution < -0.4 is 0 Å². The highest BCUT2D eigenvalue weighted by atomic mass is 32.1. The molecular formula is C21H14N6S. The van der Waals surface area contributed by atoms with E-state index in [0.717, 1.165) is 44.5 Å². The first-order valence-corrected chi connectivity index (χ1v) is 9.79. The molecule has 0 aliphatic rings. The van der Waals surface area contributed by atoms with Gasteiger partial charge < -0.3 is 4.98 Å². The molecule has 6 nitrogen and oxygen atoms in total. The van der Waals surface area contributed by atoms with Crippen molar-refractivity contribution in [2.45, 2.75) is 0 Å². The van der Waals surface area contributed by atoms with E-state index in [1.807, 2.05) is 24.7 Å². The van der Waals surface area contributed by atoms with Gasteiger partial charge in [0.15, 0.2) is 0 Å². The molecule has 0 aliphatic carbocycles. The van der Waals surface area contributed by atoms with Crippen molar-refractivity contribution < 1.29 is 0 Å². The van der Waals surface area contributed by atoms with Gasteiger partial charge in [-0.25, -0.2) is 4.98 Å². The topological polar surface area (TPSA) is 86.0 Å². The van der Waals surface area contributed by atoms with Crippen molar-refractivity contribution in [2.24, 2.45) is 0 Å². The van der Waals surface area contributed by atoms with E-state index in [4.69, 9.17) is 0 Å². The van der Waals surface area contributed by atoms with E-state index in [9.17, 15) is 0 Å². The molecular weight excluding hydrogens is 368 g/mol. The SMILES string of the molecule is c1cc(-c2ccsc2)c2cc(-c3n[nH]c4ccc(-c5cn[nH]c5)cc34)[nH]c2n1. The predicted molar refractivity (Wildman–Crippen MR) is 112 cm³/mol. The highest BCUT2D eigenvalue weighted by molar-refractivity contribution is 7.08. The first-order valence-electron chi connectivity index (χ1n) is 8.85. The first kappa shape index (κ1) is 15.4. The largest absolute Gasteiger partial charge is 0.338 e. The fourth-order valence-corrected chi connectivity index (χ4v) is 4.29. The minimum absolute atomic E-state index is 0.862. The Morgan fingerprint density at radius 1 is 0.929 bits per heavy atom. The maximum atomic E-state index is 4.57. The van der Waals surface area contributed by atoms with Gasteiger partial charge in [-0.3, -0.25) is 10.2 Å². The summed E-state index contributed by atoms with van der Waals surface area (Å²) in [5, 5.41) is 21.0. The molecule has 0 radical (unpaired) electrons. The molecule has 7 heteroatoms. The average molecular weight is 382 g/mol. The molecule has 6 aromatic rings. The van der Waals surface area contributed by atoms with Gasteiger partial charge in [0.25, 0.3) is 0 Å². The van der Waals surface area contributed by atoms with Crippen molar-refractivity contribution >= 4 is 33.3 Å². The summed E-state index contributed by atoms with van der Waals surface area (Å²) in [5.74, 6) is 0. The maximum absolute atomic E-state index is 4.57. The highest BCUT2D eigenvalue weighted by Gasteiger charge is 2.15. The lowest BCUT2D eigenvalue weighted by atomic mass is 10.0. The second kappa shape index (κ2) is 5.90. The van der Waals surface area contributed by atoms with Crippen molar-refractivity contribution in [2.75, 3.05) is 0 Å². The van der Waals surface area contributed by atoms with Gasteiger partial charge in [0, 0.05) is 28.7 Å². The quantitative estimate of drug-likeness (QED) is 0.392. The molecule has 1 aromatic carbocycles. The van der Waals surface area contributed by atoms with Crippen LogP contribution in [0, 0.1) is 0 Å². The minimum Gasteiger partial charge on any atom is -0.338 e. The predicted octanol–water partition coefficient (Wildman–Crippen LogP) is 5.22. The zero-order chi connectivity index (χ0) is 18.5. The fraction of sp³-hybridized carbons (Fsp3) is 0. The molecule has 0 atom stereocenters. The van der Waals surface area contributed by atoms with E-state index >= 15 is 0 Å². The summed E-state index contributed by atoms with van der Waals surface area (Å²) in [6.07, 6.45) is 5.55. The number of aromatic nitrogens is 6. The normalized spacial score (nSPS) is 11.6. The molecule has 0 fully saturated rings. The lowest BCUT2D eigenvalue weighted by Crippen LogP contribution is -1.80. The highest BCUT2D eigenvalue weighted by Crippen LogP contribution is 2.34. The lowest BCUT2D eigenvalue weighted by Gasteiger charge is -1.99. The summed E-state index contributed by atoms with van der Waals surface area (Å²) in [6.45, 7) is 0.